The Labute approximate surface area is 116 Å². The molecule has 0 saturated carbocycles. The highest BCUT2D eigenvalue weighted by Gasteiger charge is 2.22. The maximum Gasteiger partial charge on any atom is 0.301 e. The number of nitrogens with one attached hydrogen (secondary N) is 2. The number of nitrogens with zero attached hydrogens (tertiary/aromatic N) is 1. The number of nitrogen functional groups attached to an aromatic ring is 1. The van der Waals surface area contributed by atoms with E-state index in [-0.39, 0.29) is 5.91 Å². The average Bonchev–Trinajstić information content (AvgIpc) is 2.86. The molecule has 2 aromatic rings. The fourth-order valence-corrected chi connectivity index (χ4v) is 2.60. The number of carbonyl (C=O) groups is 1. The van der Waals surface area contributed by atoms with E-state index in [2.05, 4.69) is 15.6 Å². The van der Waals surface area contributed by atoms with Crippen LogP contribution in [0.4, 0.5) is 0 Å². The topological polar surface area (TPSA) is 83.5 Å². The number of benzene rings is 1. The molecule has 20 heavy (non-hydrogen) atoms. The molecular formula is C14H18N4O2. The van der Waals surface area contributed by atoms with Crippen molar-refractivity contribution in [3.63, 3.8) is 0 Å². The number of amides is 1. The molecule has 0 spiro atoms. The van der Waals surface area contributed by atoms with Crippen LogP contribution >= 0.6 is 0 Å². The first-order valence-corrected chi connectivity index (χ1v) is 6.74. The summed E-state index contributed by atoms with van der Waals surface area (Å²) in [6.07, 6.45) is 0. The normalized spacial score (nSPS) is 16.4. The van der Waals surface area contributed by atoms with Gasteiger partial charge in [-0.25, -0.2) is 5.84 Å². The number of hydrazine groups is 1. The largest absolute Gasteiger partial charge is 0.451 e. The predicted molar refractivity (Wildman–Crippen MR) is 76.0 cm³/mol. The van der Waals surface area contributed by atoms with Gasteiger partial charge in [0, 0.05) is 43.7 Å². The zero-order chi connectivity index (χ0) is 13.9. The van der Waals surface area contributed by atoms with E-state index in [1.165, 1.54) is 0 Å². The molecule has 1 fully saturated rings. The zero-order valence-electron chi connectivity index (χ0n) is 11.2. The van der Waals surface area contributed by atoms with Crippen molar-refractivity contribution >= 4 is 16.9 Å². The van der Waals surface area contributed by atoms with Gasteiger partial charge < -0.3 is 9.73 Å². The van der Waals surface area contributed by atoms with Crippen LogP contribution < -0.4 is 16.6 Å². The zero-order valence-corrected chi connectivity index (χ0v) is 11.2. The lowest BCUT2D eigenvalue weighted by Gasteiger charge is -2.27. The Morgan fingerprint density at radius 1 is 1.35 bits per heavy atom. The number of piperazine rings is 1. The summed E-state index contributed by atoms with van der Waals surface area (Å²) in [4.78, 5) is 14.2. The maximum absolute atomic E-state index is 11.9. The Balaban J connectivity index is 1.99. The summed E-state index contributed by atoms with van der Waals surface area (Å²) in [7, 11) is 0. The monoisotopic (exact) mass is 274 g/mol. The van der Waals surface area contributed by atoms with Crippen molar-refractivity contribution in [3.05, 3.63) is 35.6 Å². The van der Waals surface area contributed by atoms with E-state index >= 15 is 0 Å². The Hall–Kier alpha value is -1.89. The second-order valence-corrected chi connectivity index (χ2v) is 4.91. The number of hydrogen-bond donors (Lipinski definition) is 3. The fourth-order valence-electron chi connectivity index (χ4n) is 2.60. The van der Waals surface area contributed by atoms with Crippen LogP contribution in [0.15, 0.2) is 28.7 Å². The van der Waals surface area contributed by atoms with Crippen molar-refractivity contribution in [2.24, 2.45) is 5.84 Å². The minimum absolute atomic E-state index is 0.312. The second-order valence-electron chi connectivity index (χ2n) is 4.91. The summed E-state index contributed by atoms with van der Waals surface area (Å²) in [5.41, 5.74) is 3.78. The van der Waals surface area contributed by atoms with Gasteiger partial charge in [-0.15, -0.1) is 0 Å². The highest BCUT2D eigenvalue weighted by molar-refractivity contribution is 5.98. The summed E-state index contributed by atoms with van der Waals surface area (Å²) >= 11 is 0. The van der Waals surface area contributed by atoms with Gasteiger partial charge >= 0.3 is 5.91 Å². The van der Waals surface area contributed by atoms with Crippen LogP contribution in [-0.4, -0.2) is 37.0 Å². The van der Waals surface area contributed by atoms with Crippen LogP contribution in [0, 0.1) is 0 Å². The van der Waals surface area contributed by atoms with E-state index in [9.17, 15) is 4.79 Å². The van der Waals surface area contributed by atoms with Gasteiger partial charge in [0.15, 0.2) is 5.76 Å². The molecule has 0 bridgehead atoms. The van der Waals surface area contributed by atoms with E-state index < -0.39 is 0 Å². The van der Waals surface area contributed by atoms with Crippen LogP contribution in [0.3, 0.4) is 0 Å². The molecule has 0 aliphatic carbocycles. The molecule has 1 saturated heterocycles. The quantitative estimate of drug-likeness (QED) is 0.430. The fraction of sp³-hybridized carbons (Fsp3) is 0.357. The van der Waals surface area contributed by atoms with Gasteiger partial charge in [0.1, 0.15) is 5.58 Å². The standard InChI is InChI=1S/C14H18N4O2/c15-17-14(19)13-11(9-18-7-5-16-6-8-18)10-3-1-2-4-12(10)20-13/h1-4,16H,5-9,15H2,(H,17,19). The Kier molecular flexibility index (Phi) is 3.68. The summed E-state index contributed by atoms with van der Waals surface area (Å²) in [6, 6.07) is 7.68. The van der Waals surface area contributed by atoms with Crippen molar-refractivity contribution in [3.8, 4) is 0 Å². The molecule has 2 heterocycles. The minimum Gasteiger partial charge on any atom is -0.451 e. The van der Waals surface area contributed by atoms with Gasteiger partial charge in [-0.1, -0.05) is 18.2 Å². The van der Waals surface area contributed by atoms with Gasteiger partial charge in [0.2, 0.25) is 0 Å². The van der Waals surface area contributed by atoms with Crippen molar-refractivity contribution in [2.45, 2.75) is 6.54 Å². The van der Waals surface area contributed by atoms with Gasteiger partial charge in [-0.2, -0.15) is 0 Å². The lowest BCUT2D eigenvalue weighted by Crippen LogP contribution is -2.43. The number of nitrogens with two attached hydrogens (primary N) is 1. The molecule has 0 radical (unpaired) electrons. The van der Waals surface area contributed by atoms with Crippen molar-refractivity contribution < 1.29 is 9.21 Å². The first-order valence-electron chi connectivity index (χ1n) is 6.74. The average molecular weight is 274 g/mol. The van der Waals surface area contributed by atoms with Crippen molar-refractivity contribution in [2.75, 3.05) is 26.2 Å². The summed E-state index contributed by atoms with van der Waals surface area (Å²) in [6.45, 7) is 4.55. The molecule has 106 valence electrons. The first-order chi connectivity index (χ1) is 9.79. The molecule has 1 aromatic heterocycles. The first kappa shape index (κ1) is 13.1. The number of para-hydroxylation sites is 1. The van der Waals surface area contributed by atoms with Gasteiger partial charge in [0.05, 0.1) is 0 Å². The molecule has 4 N–H and O–H groups in total. The number of rotatable bonds is 3. The van der Waals surface area contributed by atoms with E-state index in [0.29, 0.717) is 12.3 Å². The molecule has 0 unspecified atom stereocenters. The molecule has 1 aliphatic heterocycles. The van der Waals surface area contributed by atoms with Crippen LogP contribution in [0.5, 0.6) is 0 Å². The van der Waals surface area contributed by atoms with E-state index in [1.54, 1.807) is 0 Å². The van der Waals surface area contributed by atoms with E-state index in [1.807, 2.05) is 24.3 Å². The number of hydrogen-bond acceptors (Lipinski definition) is 5. The molecule has 1 aliphatic rings. The van der Waals surface area contributed by atoms with Crippen LogP contribution in [0.2, 0.25) is 0 Å². The Bertz CT molecular complexity index is 617. The third kappa shape index (κ3) is 2.40. The van der Waals surface area contributed by atoms with Crippen LogP contribution in [-0.2, 0) is 6.54 Å². The highest BCUT2D eigenvalue weighted by Crippen LogP contribution is 2.27. The summed E-state index contributed by atoms with van der Waals surface area (Å²) in [5.74, 6) is 5.17. The highest BCUT2D eigenvalue weighted by atomic mass is 16.3. The van der Waals surface area contributed by atoms with E-state index in [0.717, 1.165) is 42.7 Å². The Morgan fingerprint density at radius 2 is 2.10 bits per heavy atom. The molecule has 6 nitrogen and oxygen atoms in total. The molecule has 1 aromatic carbocycles. The molecule has 6 heteroatoms. The lowest BCUT2D eigenvalue weighted by molar-refractivity contribution is 0.0925. The van der Waals surface area contributed by atoms with Gasteiger partial charge in [-0.3, -0.25) is 15.1 Å². The van der Waals surface area contributed by atoms with Gasteiger partial charge in [0.25, 0.3) is 0 Å². The van der Waals surface area contributed by atoms with Crippen molar-refractivity contribution in [1.82, 2.24) is 15.6 Å². The van der Waals surface area contributed by atoms with Gasteiger partial charge in [-0.05, 0) is 6.07 Å². The van der Waals surface area contributed by atoms with E-state index in [4.69, 9.17) is 10.3 Å². The molecule has 0 atom stereocenters. The SMILES string of the molecule is NNC(=O)c1oc2ccccc2c1CN1CCNCC1. The number of fused-ring (bicyclic) bond motifs is 1. The number of furan rings is 1. The summed E-state index contributed by atoms with van der Waals surface area (Å²) < 4.78 is 5.66. The Morgan fingerprint density at radius 3 is 2.85 bits per heavy atom. The number of carbonyl (C=O) groups excluding carboxylic acids is 1. The predicted octanol–water partition coefficient (Wildman–Crippen LogP) is 0.441. The smallest absolute Gasteiger partial charge is 0.301 e. The third-order valence-corrected chi connectivity index (χ3v) is 3.63. The van der Waals surface area contributed by atoms with Crippen LogP contribution in [0.1, 0.15) is 16.1 Å². The second kappa shape index (κ2) is 5.62. The molecular weight excluding hydrogens is 256 g/mol. The summed E-state index contributed by atoms with van der Waals surface area (Å²) in [5, 5.41) is 4.29. The maximum atomic E-state index is 11.9. The molecule has 1 amide bonds. The van der Waals surface area contributed by atoms with Crippen LogP contribution in [0.25, 0.3) is 11.0 Å². The van der Waals surface area contributed by atoms with Crippen molar-refractivity contribution in [1.29, 1.82) is 0 Å². The minimum atomic E-state index is -0.383. The lowest BCUT2D eigenvalue weighted by atomic mass is 10.1. The molecule has 3 rings (SSSR count). The third-order valence-electron chi connectivity index (χ3n) is 3.63.